The summed E-state index contributed by atoms with van der Waals surface area (Å²) < 4.78 is 18.4. The molecule has 3 heterocycles. The molecule has 2 N–H and O–H groups in total. The number of ether oxygens (including phenoxy) is 3. The van der Waals surface area contributed by atoms with E-state index in [0.29, 0.717) is 18.6 Å². The SMILES string of the molecule is O=c1[nH]c(=O)n([C@@H]2CC(OC3CCCO3)[C@H](CO)O2)cc1C=CBr. The second-order valence-corrected chi connectivity index (χ2v) is 6.24. The van der Waals surface area contributed by atoms with Crippen molar-refractivity contribution in [1.82, 2.24) is 9.55 Å². The number of hydrogen-bond donors (Lipinski definition) is 2. The summed E-state index contributed by atoms with van der Waals surface area (Å²) in [5.74, 6) is 0. The predicted octanol–water partition coefficient (Wildman–Crippen LogP) is 0.704. The summed E-state index contributed by atoms with van der Waals surface area (Å²) in [6.45, 7) is 0.438. The molecule has 0 saturated carbocycles. The number of H-pyrrole nitrogens is 1. The molecule has 2 fully saturated rings. The normalized spacial score (nSPS) is 30.4. The Labute approximate surface area is 146 Å². The fraction of sp³-hybridized carbons (Fsp3) is 0.600. The molecular formula is C15H19BrN2O6. The van der Waals surface area contributed by atoms with Crippen LogP contribution < -0.4 is 11.2 Å². The molecular weight excluding hydrogens is 384 g/mol. The van der Waals surface area contributed by atoms with Gasteiger partial charge in [-0.25, -0.2) is 4.79 Å². The van der Waals surface area contributed by atoms with Gasteiger partial charge in [0.1, 0.15) is 12.3 Å². The van der Waals surface area contributed by atoms with Crippen LogP contribution in [0, 0.1) is 0 Å². The summed E-state index contributed by atoms with van der Waals surface area (Å²) >= 11 is 3.11. The molecule has 3 rings (SSSR count). The molecule has 8 nitrogen and oxygen atoms in total. The summed E-state index contributed by atoms with van der Waals surface area (Å²) in [5, 5.41) is 9.52. The monoisotopic (exact) mass is 402 g/mol. The zero-order valence-electron chi connectivity index (χ0n) is 12.9. The predicted molar refractivity (Wildman–Crippen MR) is 88.7 cm³/mol. The third-order valence-electron chi connectivity index (χ3n) is 4.12. The van der Waals surface area contributed by atoms with Crippen molar-refractivity contribution in [3.63, 3.8) is 0 Å². The van der Waals surface area contributed by atoms with Gasteiger partial charge in [-0.1, -0.05) is 15.9 Å². The van der Waals surface area contributed by atoms with Crippen LogP contribution >= 0.6 is 15.9 Å². The van der Waals surface area contributed by atoms with Gasteiger partial charge >= 0.3 is 5.69 Å². The van der Waals surface area contributed by atoms with Crippen LogP contribution in [0.15, 0.2) is 20.8 Å². The van der Waals surface area contributed by atoms with E-state index in [0.717, 1.165) is 12.8 Å². The first kappa shape index (κ1) is 17.6. The van der Waals surface area contributed by atoms with E-state index in [9.17, 15) is 14.7 Å². The van der Waals surface area contributed by atoms with Gasteiger partial charge in [-0.3, -0.25) is 14.3 Å². The largest absolute Gasteiger partial charge is 0.394 e. The van der Waals surface area contributed by atoms with Crippen LogP contribution in [0.5, 0.6) is 0 Å². The fourth-order valence-electron chi connectivity index (χ4n) is 2.93. The van der Waals surface area contributed by atoms with Gasteiger partial charge in [-0.05, 0) is 17.5 Å². The summed E-state index contributed by atoms with van der Waals surface area (Å²) in [7, 11) is 0. The first-order chi connectivity index (χ1) is 11.6. The number of halogens is 1. The Hall–Kier alpha value is -1.26. The van der Waals surface area contributed by atoms with E-state index in [1.165, 1.54) is 21.8 Å². The number of aliphatic hydroxyl groups is 1. The van der Waals surface area contributed by atoms with E-state index < -0.39 is 23.6 Å². The zero-order chi connectivity index (χ0) is 17.1. The minimum Gasteiger partial charge on any atom is -0.394 e. The van der Waals surface area contributed by atoms with Crippen molar-refractivity contribution in [2.45, 2.75) is 44.0 Å². The van der Waals surface area contributed by atoms with Gasteiger partial charge in [0, 0.05) is 25.6 Å². The molecule has 24 heavy (non-hydrogen) atoms. The number of nitrogens with zero attached hydrogens (tertiary/aromatic N) is 1. The third kappa shape index (κ3) is 3.70. The minimum atomic E-state index is -0.625. The average Bonchev–Trinajstić information content (AvgIpc) is 3.20. The van der Waals surface area contributed by atoms with Crippen LogP contribution in [0.2, 0.25) is 0 Å². The highest BCUT2D eigenvalue weighted by Crippen LogP contribution is 2.32. The Morgan fingerprint density at radius 3 is 3.00 bits per heavy atom. The van der Waals surface area contributed by atoms with Gasteiger partial charge in [0.05, 0.1) is 18.3 Å². The van der Waals surface area contributed by atoms with Crippen molar-refractivity contribution < 1.29 is 19.3 Å². The van der Waals surface area contributed by atoms with Crippen molar-refractivity contribution in [3.8, 4) is 0 Å². The Kier molecular flexibility index (Phi) is 5.67. The first-order valence-electron chi connectivity index (χ1n) is 7.78. The molecule has 0 spiro atoms. The van der Waals surface area contributed by atoms with Crippen molar-refractivity contribution in [1.29, 1.82) is 0 Å². The van der Waals surface area contributed by atoms with Crippen LogP contribution in [0.3, 0.4) is 0 Å². The molecule has 2 unspecified atom stereocenters. The van der Waals surface area contributed by atoms with Gasteiger partial charge < -0.3 is 19.3 Å². The lowest BCUT2D eigenvalue weighted by Gasteiger charge is -2.20. The number of nitrogens with one attached hydrogen (secondary N) is 1. The number of hydrogen-bond acceptors (Lipinski definition) is 6. The smallest absolute Gasteiger partial charge is 0.330 e. The summed E-state index contributed by atoms with van der Waals surface area (Å²) in [5.41, 5.74) is -0.721. The van der Waals surface area contributed by atoms with Crippen LogP contribution in [0.1, 0.15) is 31.1 Å². The second kappa shape index (κ2) is 7.75. The van der Waals surface area contributed by atoms with Crippen molar-refractivity contribution in [2.75, 3.05) is 13.2 Å². The number of aliphatic hydroxyl groups excluding tert-OH is 1. The van der Waals surface area contributed by atoms with Crippen molar-refractivity contribution in [2.24, 2.45) is 0 Å². The third-order valence-corrected chi connectivity index (χ3v) is 4.39. The molecule has 2 saturated heterocycles. The molecule has 1 aromatic heterocycles. The highest BCUT2D eigenvalue weighted by Gasteiger charge is 2.39. The van der Waals surface area contributed by atoms with Gasteiger partial charge in [-0.15, -0.1) is 0 Å². The molecule has 132 valence electrons. The Morgan fingerprint density at radius 2 is 2.33 bits per heavy atom. The van der Waals surface area contributed by atoms with Crippen LogP contribution in [-0.4, -0.2) is 46.4 Å². The number of aromatic nitrogens is 2. The topological polar surface area (TPSA) is 103 Å². The van der Waals surface area contributed by atoms with E-state index in [2.05, 4.69) is 20.9 Å². The van der Waals surface area contributed by atoms with E-state index in [4.69, 9.17) is 14.2 Å². The van der Waals surface area contributed by atoms with E-state index in [1.807, 2.05) is 0 Å². The molecule has 1 aromatic rings. The Bertz CT molecular complexity index is 709. The van der Waals surface area contributed by atoms with E-state index in [1.54, 1.807) is 0 Å². The van der Waals surface area contributed by atoms with Crippen LogP contribution in [0.4, 0.5) is 0 Å². The quantitative estimate of drug-likeness (QED) is 0.751. The van der Waals surface area contributed by atoms with Gasteiger partial charge in [-0.2, -0.15) is 0 Å². The molecule has 0 amide bonds. The zero-order valence-corrected chi connectivity index (χ0v) is 14.5. The van der Waals surface area contributed by atoms with E-state index in [-0.39, 0.29) is 19.0 Å². The summed E-state index contributed by atoms with van der Waals surface area (Å²) in [6.07, 6.45) is 3.25. The maximum Gasteiger partial charge on any atom is 0.330 e. The number of rotatable bonds is 5. The maximum absolute atomic E-state index is 12.1. The molecule has 2 aliphatic heterocycles. The van der Waals surface area contributed by atoms with Crippen LogP contribution in [-0.2, 0) is 14.2 Å². The Morgan fingerprint density at radius 1 is 1.50 bits per heavy atom. The highest BCUT2D eigenvalue weighted by molar-refractivity contribution is 9.11. The van der Waals surface area contributed by atoms with Crippen LogP contribution in [0.25, 0.3) is 6.08 Å². The average molecular weight is 403 g/mol. The summed E-state index contributed by atoms with van der Waals surface area (Å²) in [4.78, 5) is 27.6. The summed E-state index contributed by atoms with van der Waals surface area (Å²) in [6, 6.07) is 0. The lowest BCUT2D eigenvalue weighted by molar-refractivity contribution is -0.162. The molecule has 2 aliphatic rings. The first-order valence-corrected chi connectivity index (χ1v) is 8.69. The Balaban J connectivity index is 1.81. The maximum atomic E-state index is 12.1. The minimum absolute atomic E-state index is 0.222. The molecule has 9 heteroatoms. The molecule has 0 radical (unpaired) electrons. The van der Waals surface area contributed by atoms with E-state index >= 15 is 0 Å². The fourth-order valence-corrected chi connectivity index (χ4v) is 3.21. The number of aromatic amines is 1. The molecule has 0 bridgehead atoms. The lowest BCUT2D eigenvalue weighted by Crippen LogP contribution is -2.33. The molecule has 0 aliphatic carbocycles. The highest BCUT2D eigenvalue weighted by atomic mass is 79.9. The van der Waals surface area contributed by atoms with Gasteiger partial charge in [0.2, 0.25) is 0 Å². The molecule has 4 atom stereocenters. The lowest BCUT2D eigenvalue weighted by atomic mass is 10.2. The second-order valence-electron chi connectivity index (χ2n) is 5.71. The van der Waals surface area contributed by atoms with Crippen molar-refractivity contribution in [3.05, 3.63) is 37.6 Å². The molecule has 0 aromatic carbocycles. The van der Waals surface area contributed by atoms with Gasteiger partial charge in [0.15, 0.2) is 6.29 Å². The van der Waals surface area contributed by atoms with Crippen molar-refractivity contribution >= 4 is 22.0 Å². The standard InChI is InChI=1S/C15H19BrN2O6/c16-4-3-9-7-18(15(21)17-14(9)20)12-6-10(11(8-19)23-12)24-13-2-1-5-22-13/h3-4,7,10-13,19H,1-2,5-6,8H2,(H,17,20,21)/t10?,11-,12-,13?/m0/s1. The van der Waals surface area contributed by atoms with Gasteiger partial charge in [0.25, 0.3) is 5.56 Å².